The predicted octanol–water partition coefficient (Wildman–Crippen LogP) is 1.45. The van der Waals surface area contributed by atoms with Crippen molar-refractivity contribution >= 4 is 57.6 Å². The molecule has 1 atom stereocenters. The average molecular weight is 218 g/mol. The van der Waals surface area contributed by atoms with Gasteiger partial charge in [-0.15, -0.1) is 0 Å². The van der Waals surface area contributed by atoms with Crippen LogP contribution in [0, 0.1) is 0 Å². The largest absolute Gasteiger partial charge is 0.307 e. The third-order valence-electron chi connectivity index (χ3n) is 0.811. The van der Waals surface area contributed by atoms with Crippen molar-refractivity contribution in [3.8, 4) is 0 Å². The monoisotopic (exact) mass is 217 g/mol. The molecule has 0 radical (unpaired) electrons. The molecule has 3 nitrogen and oxygen atoms in total. The number of aliphatic imine (C=N–C) groups is 1. The molecule has 0 saturated carbocycles. The zero-order valence-electron chi connectivity index (χ0n) is 4.51. The zero-order chi connectivity index (χ0) is 7.72. The molecule has 56 valence electrons. The number of thiocarbonyl (C=S) groups is 1. The first-order valence-corrected chi connectivity index (χ1v) is 3.80. The second kappa shape index (κ2) is 3.09. The van der Waals surface area contributed by atoms with Gasteiger partial charge in [-0.3, -0.25) is 0 Å². The number of nitrogens with one attached hydrogen (secondary N) is 1. The van der Waals surface area contributed by atoms with E-state index in [4.69, 9.17) is 47.2 Å². The van der Waals surface area contributed by atoms with E-state index in [-0.39, 0.29) is 10.4 Å². The van der Waals surface area contributed by atoms with E-state index in [2.05, 4.69) is 10.3 Å². The van der Waals surface area contributed by atoms with Crippen molar-refractivity contribution in [1.82, 2.24) is 9.74 Å². The minimum Gasteiger partial charge on any atom is -0.307 e. The van der Waals surface area contributed by atoms with Crippen LogP contribution in [0.5, 0.6) is 0 Å². The summed E-state index contributed by atoms with van der Waals surface area (Å²) in [5, 5.41) is 2.92. The Hall–Kier alpha value is 0.230. The lowest BCUT2D eigenvalue weighted by atomic mass is 10.8. The smallest absolute Gasteiger partial charge is 0.216 e. The second-order valence-corrected chi connectivity index (χ2v) is 2.97. The molecule has 1 N–H and O–H groups in total. The summed E-state index contributed by atoms with van der Waals surface area (Å²) in [5.41, 5.74) is -0.720. The summed E-state index contributed by atoms with van der Waals surface area (Å²) in [6.45, 7) is 0. The highest BCUT2D eigenvalue weighted by Gasteiger charge is 2.21. The minimum atomic E-state index is -0.720. The predicted molar refractivity (Wildman–Crippen MR) is 46.4 cm³/mol. The fourth-order valence-electron chi connectivity index (χ4n) is 0.415. The summed E-state index contributed by atoms with van der Waals surface area (Å²) in [7, 11) is 0. The molecular weight excluding hydrogens is 216 g/mol. The first-order chi connectivity index (χ1) is 4.61. The van der Waals surface area contributed by atoms with Crippen LogP contribution in [0.3, 0.4) is 0 Å². The molecule has 1 heterocycles. The van der Waals surface area contributed by atoms with Gasteiger partial charge in [0.25, 0.3) is 0 Å². The van der Waals surface area contributed by atoms with E-state index < -0.39 is 5.62 Å². The van der Waals surface area contributed by atoms with Crippen LogP contribution in [-0.4, -0.2) is 20.5 Å². The normalized spacial score (nSPS) is 25.9. The highest BCUT2D eigenvalue weighted by atomic mass is 35.5. The number of rotatable bonds is 0. The van der Waals surface area contributed by atoms with Crippen LogP contribution in [0.1, 0.15) is 0 Å². The summed E-state index contributed by atoms with van der Waals surface area (Å²) in [6.07, 6.45) is 0. The van der Waals surface area contributed by atoms with Crippen LogP contribution in [0.25, 0.3) is 0 Å². The van der Waals surface area contributed by atoms with Gasteiger partial charge in [0.1, 0.15) is 0 Å². The SMILES string of the molecule is S=C1NC(Cl)=NC(Cl)N1Cl. The van der Waals surface area contributed by atoms with E-state index >= 15 is 0 Å². The molecule has 0 amide bonds. The summed E-state index contributed by atoms with van der Waals surface area (Å²) in [5.74, 6) is 0. The Labute approximate surface area is 78.0 Å². The van der Waals surface area contributed by atoms with Gasteiger partial charge in [-0.2, -0.15) is 0 Å². The van der Waals surface area contributed by atoms with E-state index in [1.165, 1.54) is 0 Å². The van der Waals surface area contributed by atoms with Crippen molar-refractivity contribution in [2.24, 2.45) is 4.99 Å². The van der Waals surface area contributed by atoms with Crippen LogP contribution in [0.4, 0.5) is 0 Å². The van der Waals surface area contributed by atoms with Gasteiger partial charge in [-0.1, -0.05) is 11.6 Å². The highest BCUT2D eigenvalue weighted by Crippen LogP contribution is 2.14. The van der Waals surface area contributed by atoms with Gasteiger partial charge < -0.3 is 5.32 Å². The molecule has 1 unspecified atom stereocenters. The van der Waals surface area contributed by atoms with E-state index in [0.29, 0.717) is 0 Å². The Kier molecular flexibility index (Phi) is 2.57. The molecule has 0 aromatic rings. The van der Waals surface area contributed by atoms with Gasteiger partial charge in [0, 0.05) is 11.8 Å². The molecule has 0 aliphatic carbocycles. The molecular formula is C3H2Cl3N3S. The molecule has 1 aliphatic heterocycles. The number of halogens is 3. The van der Waals surface area contributed by atoms with E-state index in [0.717, 1.165) is 4.42 Å². The van der Waals surface area contributed by atoms with Gasteiger partial charge in [0.2, 0.25) is 10.9 Å². The van der Waals surface area contributed by atoms with Crippen molar-refractivity contribution < 1.29 is 0 Å². The molecule has 7 heteroatoms. The molecule has 10 heavy (non-hydrogen) atoms. The van der Waals surface area contributed by atoms with Gasteiger partial charge in [-0.05, 0) is 23.8 Å². The minimum absolute atomic E-state index is 0.155. The van der Waals surface area contributed by atoms with Crippen LogP contribution in [0.2, 0.25) is 0 Å². The molecule has 1 aliphatic rings. The Morgan fingerprint density at radius 2 is 2.30 bits per heavy atom. The van der Waals surface area contributed by atoms with E-state index in [1.54, 1.807) is 0 Å². The summed E-state index contributed by atoms with van der Waals surface area (Å²) in [4.78, 5) is 3.66. The van der Waals surface area contributed by atoms with Crippen LogP contribution >= 0.6 is 47.2 Å². The van der Waals surface area contributed by atoms with Crippen molar-refractivity contribution in [3.05, 3.63) is 0 Å². The molecule has 0 aromatic carbocycles. The number of hydrogen-bond acceptors (Lipinski definition) is 2. The number of amidine groups is 1. The molecule has 0 bridgehead atoms. The zero-order valence-corrected chi connectivity index (χ0v) is 7.60. The van der Waals surface area contributed by atoms with Gasteiger partial charge in [-0.25, -0.2) is 9.41 Å². The maximum atomic E-state index is 5.55. The van der Waals surface area contributed by atoms with Crippen LogP contribution < -0.4 is 5.32 Å². The Balaban J connectivity index is 2.79. The molecule has 0 spiro atoms. The third kappa shape index (κ3) is 1.63. The maximum Gasteiger partial charge on any atom is 0.216 e. The van der Waals surface area contributed by atoms with E-state index in [9.17, 15) is 0 Å². The topological polar surface area (TPSA) is 27.6 Å². The number of hydrogen-bond donors (Lipinski definition) is 1. The van der Waals surface area contributed by atoms with Gasteiger partial charge >= 0.3 is 0 Å². The van der Waals surface area contributed by atoms with E-state index in [1.807, 2.05) is 0 Å². The average Bonchev–Trinajstić information content (AvgIpc) is 1.82. The molecule has 0 aromatic heterocycles. The van der Waals surface area contributed by atoms with Crippen molar-refractivity contribution in [2.45, 2.75) is 5.62 Å². The Bertz CT molecular complexity index is 193. The lowest BCUT2D eigenvalue weighted by Crippen LogP contribution is -2.43. The Morgan fingerprint density at radius 3 is 2.80 bits per heavy atom. The molecule has 1 rings (SSSR count). The lowest BCUT2D eigenvalue weighted by molar-refractivity contribution is 0.599. The van der Waals surface area contributed by atoms with Crippen molar-refractivity contribution in [2.75, 3.05) is 0 Å². The number of alkyl halides is 1. The summed E-state index contributed by atoms with van der Waals surface area (Å²) in [6, 6.07) is 0. The van der Waals surface area contributed by atoms with Crippen LogP contribution in [0.15, 0.2) is 4.99 Å². The maximum absolute atomic E-state index is 5.55. The lowest BCUT2D eigenvalue weighted by Gasteiger charge is -2.23. The quantitative estimate of drug-likeness (QED) is 0.289. The molecule has 0 saturated heterocycles. The number of nitrogens with zero attached hydrogens (tertiary/aromatic N) is 2. The summed E-state index contributed by atoms with van der Waals surface area (Å²) >= 11 is 21.2. The third-order valence-corrected chi connectivity index (χ3v) is 2.15. The fourth-order valence-corrected chi connectivity index (χ4v) is 1.24. The standard InChI is InChI=1S/C3H2Cl3N3S/c4-1-7-2(5)9(6)3(10)8-1/h2H,(H,7,8,10). The first kappa shape index (κ1) is 8.33. The summed E-state index contributed by atoms with van der Waals surface area (Å²) < 4.78 is 1.07. The molecule has 0 fully saturated rings. The Morgan fingerprint density at radius 1 is 1.70 bits per heavy atom. The first-order valence-electron chi connectivity index (χ1n) is 2.24. The second-order valence-electron chi connectivity index (χ2n) is 1.47. The van der Waals surface area contributed by atoms with Crippen molar-refractivity contribution in [3.63, 3.8) is 0 Å². The van der Waals surface area contributed by atoms with Gasteiger partial charge in [0.05, 0.1) is 0 Å². The van der Waals surface area contributed by atoms with Crippen molar-refractivity contribution in [1.29, 1.82) is 0 Å². The van der Waals surface area contributed by atoms with Crippen LogP contribution in [-0.2, 0) is 0 Å². The van der Waals surface area contributed by atoms with Gasteiger partial charge in [0.15, 0.2) is 5.11 Å². The fraction of sp³-hybridized carbons (Fsp3) is 0.333. The highest BCUT2D eigenvalue weighted by molar-refractivity contribution is 7.80.